The minimum atomic E-state index is -0.805. The minimum Gasteiger partial charge on any atom is -0.443 e. The van der Waals surface area contributed by atoms with Gasteiger partial charge in [-0.25, -0.2) is 24.1 Å². The first-order valence-electron chi connectivity index (χ1n) is 15.6. The summed E-state index contributed by atoms with van der Waals surface area (Å²) in [6.07, 6.45) is 3.50. The van der Waals surface area contributed by atoms with Crippen LogP contribution in [-0.4, -0.2) is 77.8 Å². The zero-order valence-electron chi connectivity index (χ0n) is 26.5. The zero-order valence-corrected chi connectivity index (χ0v) is 26.5. The molecule has 0 unspecified atom stereocenters. The molecule has 0 spiro atoms. The van der Waals surface area contributed by atoms with Gasteiger partial charge in [0.15, 0.2) is 0 Å². The molecule has 4 aromatic rings. The molecule has 3 N–H and O–H groups in total. The Hall–Kier alpha value is -4.39. The molecule has 0 saturated carbocycles. The number of hydrogen-bond acceptors (Lipinski definition) is 9. The van der Waals surface area contributed by atoms with Gasteiger partial charge in [-0.15, -0.1) is 0 Å². The standard InChI is InChI=1S/C34H39FN6O5/c1-5-20(19-42)23-7-9-29(38-27(23)18-39-12-11-22(43)16-39)37-26-8-6-24(28-15-36-30-14-21(35)10-13-40(28)30)25-17-41(32(44)31(25)26)33(45)46-34(2,3)4/h6-10,13-15,20,22,42-43H,5,11-12,16-19H2,1-4H3,(H,37,38)/t20-,22+/m1/s1. The van der Waals surface area contributed by atoms with Gasteiger partial charge in [-0.3, -0.25) is 14.1 Å². The number of hydrogen-bond donors (Lipinski definition) is 3. The second kappa shape index (κ2) is 12.4. The lowest BCUT2D eigenvalue weighted by Crippen LogP contribution is -2.37. The fourth-order valence-electron chi connectivity index (χ4n) is 6.22. The van der Waals surface area contributed by atoms with Crippen LogP contribution in [-0.2, 0) is 17.8 Å². The molecule has 5 heterocycles. The highest BCUT2D eigenvalue weighted by molar-refractivity contribution is 6.11. The number of halogens is 1. The molecular formula is C34H39FN6O5. The summed E-state index contributed by atoms with van der Waals surface area (Å²) < 4.78 is 21.2. The van der Waals surface area contributed by atoms with E-state index in [0.29, 0.717) is 59.0 Å². The summed E-state index contributed by atoms with van der Waals surface area (Å²) in [4.78, 5) is 39.7. The Kier molecular flexibility index (Phi) is 8.53. The number of benzene rings is 1. The third kappa shape index (κ3) is 6.20. The molecule has 2 atom stereocenters. The van der Waals surface area contributed by atoms with Crippen LogP contribution in [0.4, 0.5) is 20.7 Å². The van der Waals surface area contributed by atoms with Crippen LogP contribution >= 0.6 is 0 Å². The number of aliphatic hydroxyl groups is 2. The molecule has 6 rings (SSSR count). The number of imide groups is 1. The summed E-state index contributed by atoms with van der Waals surface area (Å²) >= 11 is 0. The number of carbonyl (C=O) groups excluding carboxylic acids is 2. The second-order valence-corrected chi connectivity index (χ2v) is 12.9. The van der Waals surface area contributed by atoms with Crippen LogP contribution in [0.2, 0.25) is 0 Å². The molecular weight excluding hydrogens is 591 g/mol. The number of ether oxygens (including phenoxy) is 1. The number of rotatable bonds is 8. The minimum absolute atomic E-state index is 0.0134. The van der Waals surface area contributed by atoms with Gasteiger partial charge in [0.2, 0.25) is 0 Å². The van der Waals surface area contributed by atoms with E-state index in [0.717, 1.165) is 29.1 Å². The van der Waals surface area contributed by atoms with Crippen molar-refractivity contribution >= 4 is 29.2 Å². The van der Waals surface area contributed by atoms with E-state index in [4.69, 9.17) is 9.72 Å². The highest BCUT2D eigenvalue weighted by Gasteiger charge is 2.39. The van der Waals surface area contributed by atoms with E-state index in [9.17, 15) is 24.2 Å². The molecule has 1 aromatic carbocycles. The van der Waals surface area contributed by atoms with Crippen molar-refractivity contribution in [2.24, 2.45) is 0 Å². The first-order valence-corrected chi connectivity index (χ1v) is 15.6. The lowest BCUT2D eigenvalue weighted by molar-refractivity contribution is 0.0248. The number of imidazole rings is 1. The van der Waals surface area contributed by atoms with Crippen molar-refractivity contribution in [3.05, 3.63) is 77.0 Å². The molecule has 2 aliphatic heterocycles. The first-order chi connectivity index (χ1) is 22.0. The molecule has 0 bridgehead atoms. The van der Waals surface area contributed by atoms with Gasteiger partial charge < -0.3 is 20.3 Å². The molecule has 1 fully saturated rings. The van der Waals surface area contributed by atoms with Crippen LogP contribution in [0.25, 0.3) is 16.9 Å². The number of amides is 2. The fraction of sp³-hybridized carbons (Fsp3) is 0.412. The molecule has 0 radical (unpaired) electrons. The molecule has 2 amide bonds. The van der Waals surface area contributed by atoms with E-state index in [1.54, 1.807) is 43.6 Å². The molecule has 12 heteroatoms. The third-order valence-corrected chi connectivity index (χ3v) is 8.50. The van der Waals surface area contributed by atoms with Gasteiger partial charge in [0, 0.05) is 50.0 Å². The average Bonchev–Trinajstić information content (AvgIpc) is 3.71. The molecule has 242 valence electrons. The normalized spacial score (nSPS) is 17.5. The van der Waals surface area contributed by atoms with Crippen molar-refractivity contribution in [3.8, 4) is 11.3 Å². The maximum Gasteiger partial charge on any atom is 0.417 e. The monoisotopic (exact) mass is 630 g/mol. The van der Waals surface area contributed by atoms with Gasteiger partial charge in [-0.05, 0) is 62.9 Å². The van der Waals surface area contributed by atoms with Crippen molar-refractivity contribution in [1.29, 1.82) is 0 Å². The van der Waals surface area contributed by atoms with E-state index in [2.05, 4.69) is 15.2 Å². The predicted octanol–water partition coefficient (Wildman–Crippen LogP) is 5.22. The van der Waals surface area contributed by atoms with Gasteiger partial charge in [-0.2, -0.15) is 0 Å². The first kappa shape index (κ1) is 31.6. The summed E-state index contributed by atoms with van der Waals surface area (Å²) in [6, 6.07) is 10.0. The summed E-state index contributed by atoms with van der Waals surface area (Å²) in [5, 5.41) is 23.5. The van der Waals surface area contributed by atoms with E-state index >= 15 is 0 Å². The fourth-order valence-corrected chi connectivity index (χ4v) is 6.22. The van der Waals surface area contributed by atoms with Gasteiger partial charge >= 0.3 is 6.09 Å². The van der Waals surface area contributed by atoms with E-state index in [-0.39, 0.29) is 25.2 Å². The number of anilines is 2. The van der Waals surface area contributed by atoms with Crippen LogP contribution in [0.1, 0.15) is 73.6 Å². The lowest BCUT2D eigenvalue weighted by atomic mass is 9.95. The number of nitrogens with zero attached hydrogens (tertiary/aromatic N) is 5. The van der Waals surface area contributed by atoms with E-state index < -0.39 is 23.4 Å². The second-order valence-electron chi connectivity index (χ2n) is 12.9. The Morgan fingerprint density at radius 3 is 2.72 bits per heavy atom. The highest BCUT2D eigenvalue weighted by atomic mass is 19.1. The SMILES string of the molecule is CC[C@H](CO)c1ccc(Nc2ccc(-c3cnc4cc(F)ccn34)c3c2C(=O)N(C(=O)OC(C)(C)C)C3)nc1CN1CC[C@H](O)C1. The molecule has 3 aromatic heterocycles. The zero-order chi connectivity index (χ0) is 32.7. The van der Waals surface area contributed by atoms with Gasteiger partial charge in [-0.1, -0.05) is 19.1 Å². The van der Waals surface area contributed by atoms with Crippen molar-refractivity contribution in [2.75, 3.05) is 25.0 Å². The summed E-state index contributed by atoms with van der Waals surface area (Å²) in [5.74, 6) is -0.517. The topological polar surface area (TPSA) is 133 Å². The van der Waals surface area contributed by atoms with Crippen LogP contribution in [0.3, 0.4) is 0 Å². The maximum atomic E-state index is 13.9. The Morgan fingerprint density at radius 1 is 1.22 bits per heavy atom. The van der Waals surface area contributed by atoms with Crippen LogP contribution < -0.4 is 5.32 Å². The molecule has 46 heavy (non-hydrogen) atoms. The number of aliphatic hydroxyl groups excluding tert-OH is 2. The van der Waals surface area contributed by atoms with Gasteiger partial charge in [0.1, 0.15) is 22.9 Å². The molecule has 11 nitrogen and oxygen atoms in total. The largest absolute Gasteiger partial charge is 0.443 e. The number of fused-ring (bicyclic) bond motifs is 2. The Balaban J connectivity index is 1.41. The number of pyridine rings is 2. The van der Waals surface area contributed by atoms with E-state index in [1.807, 2.05) is 25.1 Å². The number of likely N-dealkylation sites (tertiary alicyclic amines) is 1. The van der Waals surface area contributed by atoms with Crippen molar-refractivity contribution in [3.63, 3.8) is 0 Å². The Bertz CT molecular complexity index is 1800. The predicted molar refractivity (Wildman–Crippen MR) is 170 cm³/mol. The van der Waals surface area contributed by atoms with Gasteiger partial charge in [0.25, 0.3) is 5.91 Å². The average molecular weight is 631 g/mol. The molecule has 0 aliphatic carbocycles. The van der Waals surface area contributed by atoms with Crippen LogP contribution in [0.5, 0.6) is 0 Å². The van der Waals surface area contributed by atoms with Crippen molar-refractivity contribution in [1.82, 2.24) is 24.2 Å². The van der Waals surface area contributed by atoms with Crippen LogP contribution in [0.15, 0.2) is 48.8 Å². The number of carbonyl (C=O) groups is 2. The quantitative estimate of drug-likeness (QED) is 0.240. The van der Waals surface area contributed by atoms with Crippen molar-refractivity contribution < 1.29 is 28.9 Å². The Labute approximate surface area is 266 Å². The van der Waals surface area contributed by atoms with Crippen molar-refractivity contribution in [2.45, 2.75) is 71.2 Å². The maximum absolute atomic E-state index is 13.9. The number of β-amino-alcohol motifs (C(OH)–C–C–N with tert-alkyl or cyclic N) is 1. The summed E-state index contributed by atoms with van der Waals surface area (Å²) in [6.45, 7) is 9.01. The highest BCUT2D eigenvalue weighted by Crippen LogP contribution is 2.39. The summed E-state index contributed by atoms with van der Waals surface area (Å²) in [7, 11) is 0. The van der Waals surface area contributed by atoms with Crippen LogP contribution in [0, 0.1) is 5.82 Å². The van der Waals surface area contributed by atoms with E-state index in [1.165, 1.54) is 12.1 Å². The molecule has 1 saturated heterocycles. The lowest BCUT2D eigenvalue weighted by Gasteiger charge is -2.23. The van der Waals surface area contributed by atoms with Gasteiger partial charge in [0.05, 0.1) is 41.5 Å². The smallest absolute Gasteiger partial charge is 0.417 e. The molecule has 2 aliphatic rings. The third-order valence-electron chi connectivity index (χ3n) is 8.50. The number of nitrogens with one attached hydrogen (secondary N) is 1. The Morgan fingerprint density at radius 2 is 2.02 bits per heavy atom. The number of aromatic nitrogens is 3. The summed E-state index contributed by atoms with van der Waals surface area (Å²) in [5.41, 5.74) is 4.01.